The smallest absolute Gasteiger partial charge is 0.242 e. The first-order valence-electron chi connectivity index (χ1n) is 8.44. The van der Waals surface area contributed by atoms with Crippen LogP contribution in [0.2, 0.25) is 5.15 Å². The van der Waals surface area contributed by atoms with Crippen LogP contribution in [0.25, 0.3) is 0 Å². The van der Waals surface area contributed by atoms with Crippen LogP contribution in [0.4, 0.5) is 0 Å². The third kappa shape index (κ3) is 5.25. The summed E-state index contributed by atoms with van der Waals surface area (Å²) >= 11 is 5.71. The lowest BCUT2D eigenvalue weighted by Gasteiger charge is -2.29. The van der Waals surface area contributed by atoms with Gasteiger partial charge in [-0.05, 0) is 43.4 Å². The van der Waals surface area contributed by atoms with E-state index in [4.69, 9.17) is 11.6 Å². The van der Waals surface area contributed by atoms with Crippen LogP contribution in [0.5, 0.6) is 0 Å². The predicted molar refractivity (Wildman–Crippen MR) is 98.9 cm³/mol. The average molecular weight is 380 g/mol. The van der Waals surface area contributed by atoms with Crippen molar-refractivity contribution in [1.82, 2.24) is 15.0 Å². The quantitative estimate of drug-likeness (QED) is 0.756. The first-order valence-corrected chi connectivity index (χ1v) is 10.3. The van der Waals surface area contributed by atoms with Crippen molar-refractivity contribution < 1.29 is 8.42 Å². The molecule has 1 aromatic carbocycles. The highest BCUT2D eigenvalue weighted by molar-refractivity contribution is 7.89. The van der Waals surface area contributed by atoms with Crippen molar-refractivity contribution in [2.45, 2.75) is 49.2 Å². The van der Waals surface area contributed by atoms with Gasteiger partial charge in [-0.2, -0.15) is 0 Å². The number of nitrogens with one attached hydrogen (secondary N) is 2. The molecule has 1 aliphatic rings. The van der Waals surface area contributed by atoms with E-state index in [9.17, 15) is 8.42 Å². The van der Waals surface area contributed by atoms with Gasteiger partial charge in [0.2, 0.25) is 10.0 Å². The number of halogens is 1. The monoisotopic (exact) mass is 379 g/mol. The van der Waals surface area contributed by atoms with E-state index in [1.54, 1.807) is 0 Å². The molecule has 1 heterocycles. The van der Waals surface area contributed by atoms with E-state index in [2.05, 4.69) is 27.2 Å². The molecular formula is C18H22ClN3O2S. The number of benzene rings is 1. The fourth-order valence-corrected chi connectivity index (χ4v) is 4.44. The number of hydrogen-bond acceptors (Lipinski definition) is 4. The fraction of sp³-hybridized carbons (Fsp3) is 0.389. The molecule has 7 heteroatoms. The summed E-state index contributed by atoms with van der Waals surface area (Å²) in [5, 5.41) is 3.84. The van der Waals surface area contributed by atoms with Crippen LogP contribution in [0.3, 0.4) is 0 Å². The van der Waals surface area contributed by atoms with E-state index in [1.165, 1.54) is 23.9 Å². The molecule has 0 atom stereocenters. The Labute approximate surface area is 153 Å². The Kier molecular flexibility index (Phi) is 6.06. The topological polar surface area (TPSA) is 71.1 Å². The molecule has 0 amide bonds. The van der Waals surface area contributed by atoms with Crippen LogP contribution >= 0.6 is 11.6 Å². The second-order valence-electron chi connectivity index (χ2n) is 6.35. The number of pyridine rings is 1. The van der Waals surface area contributed by atoms with Crippen molar-refractivity contribution in [3.8, 4) is 0 Å². The molecule has 3 rings (SSSR count). The van der Waals surface area contributed by atoms with Gasteiger partial charge in [-0.15, -0.1) is 0 Å². The zero-order valence-electron chi connectivity index (χ0n) is 13.9. The van der Waals surface area contributed by atoms with Gasteiger partial charge in [0.05, 0.1) is 0 Å². The minimum Gasteiger partial charge on any atom is -0.310 e. The summed E-state index contributed by atoms with van der Waals surface area (Å²) < 4.78 is 27.6. The van der Waals surface area contributed by atoms with Crippen molar-refractivity contribution in [3.05, 3.63) is 59.4 Å². The second kappa shape index (κ2) is 8.27. The molecule has 2 aromatic rings. The number of nitrogens with zero attached hydrogens (tertiary/aromatic N) is 1. The summed E-state index contributed by atoms with van der Waals surface area (Å²) in [7, 11) is -3.54. The van der Waals surface area contributed by atoms with Crippen molar-refractivity contribution in [1.29, 1.82) is 0 Å². The van der Waals surface area contributed by atoms with E-state index < -0.39 is 10.0 Å². The molecule has 2 N–H and O–H groups in total. The lowest BCUT2D eigenvalue weighted by Crippen LogP contribution is -2.42. The summed E-state index contributed by atoms with van der Waals surface area (Å²) in [6, 6.07) is 13.7. The molecule has 0 bridgehead atoms. The van der Waals surface area contributed by atoms with Gasteiger partial charge in [0.25, 0.3) is 0 Å². The van der Waals surface area contributed by atoms with Gasteiger partial charge < -0.3 is 5.32 Å². The molecule has 0 unspecified atom stereocenters. The Hall–Kier alpha value is -1.47. The normalized spacial score (nSPS) is 21.2. The van der Waals surface area contributed by atoms with Crippen LogP contribution in [0.1, 0.15) is 31.2 Å². The second-order valence-corrected chi connectivity index (χ2v) is 8.45. The lowest BCUT2D eigenvalue weighted by molar-refractivity contribution is 0.328. The van der Waals surface area contributed by atoms with Gasteiger partial charge in [0.15, 0.2) is 0 Å². The van der Waals surface area contributed by atoms with Crippen LogP contribution in [-0.4, -0.2) is 25.5 Å². The highest BCUT2D eigenvalue weighted by Crippen LogP contribution is 2.21. The summed E-state index contributed by atoms with van der Waals surface area (Å²) in [6.07, 6.45) is 4.86. The van der Waals surface area contributed by atoms with E-state index in [0.29, 0.717) is 6.04 Å². The average Bonchev–Trinajstić information content (AvgIpc) is 2.62. The van der Waals surface area contributed by atoms with E-state index in [0.717, 1.165) is 32.2 Å². The largest absolute Gasteiger partial charge is 0.310 e. The SMILES string of the molecule is O=S(=O)(N[C@H]1CC[C@H](NCc2ccccc2)CC1)c1ccc(Cl)nc1. The molecule has 25 heavy (non-hydrogen) atoms. The third-order valence-electron chi connectivity index (χ3n) is 4.50. The molecule has 0 spiro atoms. The van der Waals surface area contributed by atoms with E-state index in [-0.39, 0.29) is 16.1 Å². The van der Waals surface area contributed by atoms with Gasteiger partial charge in [0.1, 0.15) is 10.0 Å². The molecular weight excluding hydrogens is 358 g/mol. The number of rotatable bonds is 6. The van der Waals surface area contributed by atoms with Crippen LogP contribution in [0, 0.1) is 0 Å². The van der Waals surface area contributed by atoms with Gasteiger partial charge in [-0.1, -0.05) is 41.9 Å². The van der Waals surface area contributed by atoms with Gasteiger partial charge in [0, 0.05) is 24.8 Å². The maximum Gasteiger partial charge on any atom is 0.242 e. The zero-order valence-corrected chi connectivity index (χ0v) is 15.4. The zero-order chi connectivity index (χ0) is 17.7. The molecule has 1 fully saturated rings. The lowest BCUT2D eigenvalue weighted by atomic mass is 9.92. The molecule has 1 aromatic heterocycles. The first-order chi connectivity index (χ1) is 12.0. The summed E-state index contributed by atoms with van der Waals surface area (Å²) in [5.74, 6) is 0. The van der Waals surface area contributed by atoms with Crippen LogP contribution < -0.4 is 10.0 Å². The highest BCUT2D eigenvalue weighted by atomic mass is 35.5. The summed E-state index contributed by atoms with van der Waals surface area (Å²) in [6.45, 7) is 0.846. The molecule has 5 nitrogen and oxygen atoms in total. The van der Waals surface area contributed by atoms with E-state index >= 15 is 0 Å². The summed E-state index contributed by atoms with van der Waals surface area (Å²) in [4.78, 5) is 3.99. The standard InChI is InChI=1S/C18H22ClN3O2S/c19-18-11-10-17(13-21-18)25(23,24)22-16-8-6-15(7-9-16)20-12-14-4-2-1-3-5-14/h1-5,10-11,13,15-16,20,22H,6-9,12H2/t15-,16-. The molecule has 1 saturated carbocycles. The highest BCUT2D eigenvalue weighted by Gasteiger charge is 2.25. The van der Waals surface area contributed by atoms with Gasteiger partial charge in [-0.25, -0.2) is 18.1 Å². The fourth-order valence-electron chi connectivity index (χ4n) is 3.08. The first kappa shape index (κ1) is 18.3. The minimum atomic E-state index is -3.54. The van der Waals surface area contributed by atoms with Crippen molar-refractivity contribution in [2.75, 3.05) is 0 Å². The van der Waals surface area contributed by atoms with Gasteiger partial charge >= 0.3 is 0 Å². The Balaban J connectivity index is 1.48. The number of sulfonamides is 1. The minimum absolute atomic E-state index is 0.0320. The van der Waals surface area contributed by atoms with Gasteiger partial charge in [-0.3, -0.25) is 0 Å². The Morgan fingerprint density at radius 1 is 1.00 bits per heavy atom. The molecule has 0 saturated heterocycles. The van der Waals surface area contributed by atoms with Crippen molar-refractivity contribution in [2.24, 2.45) is 0 Å². The Bertz CT molecular complexity index is 774. The molecule has 0 aliphatic heterocycles. The maximum absolute atomic E-state index is 12.4. The van der Waals surface area contributed by atoms with Crippen molar-refractivity contribution >= 4 is 21.6 Å². The van der Waals surface area contributed by atoms with Crippen LogP contribution in [-0.2, 0) is 16.6 Å². The Morgan fingerprint density at radius 3 is 2.32 bits per heavy atom. The molecule has 0 radical (unpaired) electrons. The predicted octanol–water partition coefficient (Wildman–Crippen LogP) is 3.11. The van der Waals surface area contributed by atoms with E-state index in [1.807, 2.05) is 18.2 Å². The molecule has 134 valence electrons. The number of hydrogen-bond donors (Lipinski definition) is 2. The molecule has 1 aliphatic carbocycles. The summed E-state index contributed by atoms with van der Waals surface area (Å²) in [5.41, 5.74) is 1.26. The third-order valence-corrected chi connectivity index (χ3v) is 6.23. The van der Waals surface area contributed by atoms with Crippen molar-refractivity contribution in [3.63, 3.8) is 0 Å². The maximum atomic E-state index is 12.4. The number of aromatic nitrogens is 1. The Morgan fingerprint density at radius 2 is 1.68 bits per heavy atom. The van der Waals surface area contributed by atoms with Crippen LogP contribution in [0.15, 0.2) is 53.6 Å².